The third kappa shape index (κ3) is 5.18. The molecule has 0 unspecified atom stereocenters. The Morgan fingerprint density at radius 2 is 1.55 bits per heavy atom. The van der Waals surface area contributed by atoms with Crippen molar-refractivity contribution in [3.05, 3.63) is 60.2 Å². The Morgan fingerprint density at radius 1 is 0.931 bits per heavy atom. The molecular weight excluding hydrogens is 394 g/mol. The molecule has 0 bridgehead atoms. The van der Waals surface area contributed by atoms with Gasteiger partial charge >= 0.3 is 0 Å². The molecule has 3 rings (SSSR count). The lowest BCUT2D eigenvalue weighted by atomic mass is 10.2. The van der Waals surface area contributed by atoms with Gasteiger partial charge in [0, 0.05) is 37.4 Å². The minimum absolute atomic E-state index is 0.157. The van der Waals surface area contributed by atoms with Gasteiger partial charge in [-0.2, -0.15) is 4.31 Å². The number of hydrogen-bond donors (Lipinski definition) is 3. The van der Waals surface area contributed by atoms with E-state index in [0.29, 0.717) is 37.4 Å². The second-order valence-corrected chi connectivity index (χ2v) is 8.53. The molecule has 2 amide bonds. The van der Waals surface area contributed by atoms with Crippen LogP contribution in [0.25, 0.3) is 0 Å². The molecule has 1 saturated heterocycles. The molecule has 4 N–H and O–H groups in total. The van der Waals surface area contributed by atoms with E-state index in [1.54, 1.807) is 54.6 Å². The summed E-state index contributed by atoms with van der Waals surface area (Å²) < 4.78 is 26.7. The molecule has 10 heteroatoms. The summed E-state index contributed by atoms with van der Waals surface area (Å²) in [5.41, 5.74) is 2.99. The van der Waals surface area contributed by atoms with Crippen molar-refractivity contribution in [2.75, 3.05) is 38.0 Å². The monoisotopic (exact) mass is 417 g/mol. The molecule has 0 aromatic heterocycles. The van der Waals surface area contributed by atoms with E-state index < -0.39 is 15.9 Å². The fraction of sp³-hybridized carbons (Fsp3) is 0.263. The van der Waals surface area contributed by atoms with Gasteiger partial charge in [-0.1, -0.05) is 18.2 Å². The number of nitrogens with zero attached hydrogens (tertiary/aromatic N) is 2. The van der Waals surface area contributed by atoms with Gasteiger partial charge in [-0.3, -0.25) is 19.9 Å². The van der Waals surface area contributed by atoms with Crippen LogP contribution in [-0.2, 0) is 14.8 Å². The largest absolute Gasteiger partial charge is 0.325 e. The van der Waals surface area contributed by atoms with Gasteiger partial charge in [-0.25, -0.2) is 14.3 Å². The minimum Gasteiger partial charge on any atom is -0.325 e. The van der Waals surface area contributed by atoms with Gasteiger partial charge in [-0.15, -0.1) is 0 Å². The first-order valence-electron chi connectivity index (χ1n) is 9.08. The first-order chi connectivity index (χ1) is 13.9. The van der Waals surface area contributed by atoms with Gasteiger partial charge in [-0.05, 0) is 36.4 Å². The molecule has 0 radical (unpaired) electrons. The minimum atomic E-state index is -3.51. The Bertz CT molecular complexity index is 956. The summed E-state index contributed by atoms with van der Waals surface area (Å²) in [7, 11) is -3.51. The van der Waals surface area contributed by atoms with Crippen molar-refractivity contribution in [3.8, 4) is 0 Å². The fourth-order valence-corrected chi connectivity index (χ4v) is 4.50. The molecule has 1 aliphatic heterocycles. The van der Waals surface area contributed by atoms with Gasteiger partial charge in [0.2, 0.25) is 15.9 Å². The SMILES string of the molecule is NNC(=O)c1ccc(NC(=O)CN2CCN(S(=O)(=O)c3ccccc3)CC2)cc1. The van der Waals surface area contributed by atoms with E-state index in [1.807, 2.05) is 10.3 Å². The number of nitrogens with two attached hydrogens (primary N) is 1. The molecule has 0 aliphatic carbocycles. The molecule has 9 nitrogen and oxygen atoms in total. The maximum atomic E-state index is 12.6. The maximum Gasteiger partial charge on any atom is 0.265 e. The second kappa shape index (κ2) is 9.14. The standard InChI is InChI=1S/C19H23N5O4S/c20-22-19(26)15-6-8-16(9-7-15)21-18(25)14-23-10-12-24(13-11-23)29(27,28)17-4-2-1-3-5-17/h1-9H,10-14,20H2,(H,21,25)(H,22,26). The van der Waals surface area contributed by atoms with Crippen LogP contribution in [0.15, 0.2) is 59.5 Å². The number of anilines is 1. The van der Waals surface area contributed by atoms with Crippen LogP contribution in [0.1, 0.15) is 10.4 Å². The van der Waals surface area contributed by atoms with Crippen molar-refractivity contribution < 1.29 is 18.0 Å². The molecule has 2 aromatic carbocycles. The summed E-state index contributed by atoms with van der Waals surface area (Å²) in [4.78, 5) is 25.9. The van der Waals surface area contributed by atoms with Crippen LogP contribution < -0.4 is 16.6 Å². The topological polar surface area (TPSA) is 125 Å². The summed E-state index contributed by atoms with van der Waals surface area (Å²) in [6.07, 6.45) is 0. The van der Waals surface area contributed by atoms with E-state index >= 15 is 0 Å². The molecule has 2 aromatic rings. The Balaban J connectivity index is 1.50. The summed E-state index contributed by atoms with van der Waals surface area (Å²) in [6.45, 7) is 1.75. The lowest BCUT2D eigenvalue weighted by molar-refractivity contribution is -0.117. The molecule has 0 spiro atoms. The van der Waals surface area contributed by atoms with E-state index in [-0.39, 0.29) is 17.3 Å². The van der Waals surface area contributed by atoms with Crippen LogP contribution in [-0.4, -0.2) is 62.2 Å². The van der Waals surface area contributed by atoms with Crippen molar-refractivity contribution in [1.82, 2.24) is 14.6 Å². The first kappa shape index (κ1) is 20.9. The van der Waals surface area contributed by atoms with E-state index in [9.17, 15) is 18.0 Å². The zero-order valence-electron chi connectivity index (χ0n) is 15.7. The number of nitrogen functional groups attached to an aromatic ring is 1. The number of carbonyl (C=O) groups is 2. The number of benzene rings is 2. The highest BCUT2D eigenvalue weighted by molar-refractivity contribution is 7.89. The molecule has 154 valence electrons. The summed E-state index contributed by atoms with van der Waals surface area (Å²) in [5, 5.41) is 2.77. The summed E-state index contributed by atoms with van der Waals surface area (Å²) in [5.74, 6) is 4.46. The predicted molar refractivity (Wildman–Crippen MR) is 108 cm³/mol. The third-order valence-corrected chi connectivity index (χ3v) is 6.55. The lowest BCUT2D eigenvalue weighted by Gasteiger charge is -2.33. The Labute approximate surface area is 169 Å². The Morgan fingerprint density at radius 3 is 2.14 bits per heavy atom. The average Bonchev–Trinajstić information content (AvgIpc) is 2.74. The number of nitrogens with one attached hydrogen (secondary N) is 2. The number of hydrogen-bond acceptors (Lipinski definition) is 6. The highest BCUT2D eigenvalue weighted by Gasteiger charge is 2.28. The van der Waals surface area contributed by atoms with Gasteiger partial charge in [0.25, 0.3) is 5.91 Å². The van der Waals surface area contributed by atoms with Crippen LogP contribution >= 0.6 is 0 Å². The van der Waals surface area contributed by atoms with Crippen molar-refractivity contribution in [2.45, 2.75) is 4.90 Å². The number of rotatable bonds is 6. The van der Waals surface area contributed by atoms with E-state index in [0.717, 1.165) is 0 Å². The quantitative estimate of drug-likeness (QED) is 0.351. The van der Waals surface area contributed by atoms with Crippen LogP contribution in [0.5, 0.6) is 0 Å². The average molecular weight is 417 g/mol. The molecule has 29 heavy (non-hydrogen) atoms. The predicted octanol–water partition coefficient (Wildman–Crippen LogP) is 0.235. The van der Waals surface area contributed by atoms with Gasteiger partial charge in [0.1, 0.15) is 0 Å². The Hall–Kier alpha value is -2.79. The highest BCUT2D eigenvalue weighted by Crippen LogP contribution is 2.17. The molecule has 1 fully saturated rings. The van der Waals surface area contributed by atoms with Crippen molar-refractivity contribution in [3.63, 3.8) is 0 Å². The second-order valence-electron chi connectivity index (χ2n) is 6.59. The van der Waals surface area contributed by atoms with Gasteiger partial charge in [0.15, 0.2) is 0 Å². The van der Waals surface area contributed by atoms with Crippen molar-refractivity contribution in [1.29, 1.82) is 0 Å². The van der Waals surface area contributed by atoms with Crippen LogP contribution in [0, 0.1) is 0 Å². The maximum absolute atomic E-state index is 12.6. The number of amides is 2. The molecular formula is C19H23N5O4S. The van der Waals surface area contributed by atoms with Crippen LogP contribution in [0.4, 0.5) is 5.69 Å². The van der Waals surface area contributed by atoms with E-state index in [1.165, 1.54) is 4.31 Å². The molecule has 0 atom stereocenters. The number of hydrazine groups is 1. The first-order valence-corrected chi connectivity index (χ1v) is 10.5. The van der Waals surface area contributed by atoms with Gasteiger partial charge in [0.05, 0.1) is 11.4 Å². The van der Waals surface area contributed by atoms with E-state index in [4.69, 9.17) is 5.84 Å². The summed E-state index contributed by atoms with van der Waals surface area (Å²) in [6, 6.07) is 14.7. The molecule has 1 heterocycles. The number of sulfonamides is 1. The lowest BCUT2D eigenvalue weighted by Crippen LogP contribution is -2.50. The fourth-order valence-electron chi connectivity index (χ4n) is 3.06. The number of carbonyl (C=O) groups excluding carboxylic acids is 2. The Kier molecular flexibility index (Phi) is 6.60. The van der Waals surface area contributed by atoms with Gasteiger partial charge < -0.3 is 5.32 Å². The number of piperazine rings is 1. The zero-order chi connectivity index (χ0) is 20.9. The smallest absolute Gasteiger partial charge is 0.265 e. The zero-order valence-corrected chi connectivity index (χ0v) is 16.6. The van der Waals surface area contributed by atoms with Crippen LogP contribution in [0.3, 0.4) is 0 Å². The van der Waals surface area contributed by atoms with Crippen molar-refractivity contribution >= 4 is 27.5 Å². The molecule has 1 aliphatic rings. The van der Waals surface area contributed by atoms with Crippen molar-refractivity contribution in [2.24, 2.45) is 5.84 Å². The highest BCUT2D eigenvalue weighted by atomic mass is 32.2. The molecule has 0 saturated carbocycles. The van der Waals surface area contributed by atoms with Crippen LogP contribution in [0.2, 0.25) is 0 Å². The van der Waals surface area contributed by atoms with E-state index in [2.05, 4.69) is 5.32 Å². The summed E-state index contributed by atoms with van der Waals surface area (Å²) >= 11 is 0. The normalized spacial score (nSPS) is 15.6. The third-order valence-electron chi connectivity index (χ3n) is 4.64.